The fraction of sp³-hybridized carbons (Fsp3) is 0.286. The molecular formula is C28H30Cl2FN3O4S. The molecule has 0 aromatic heterocycles. The van der Waals surface area contributed by atoms with Crippen molar-refractivity contribution in [2.45, 2.75) is 50.7 Å². The van der Waals surface area contributed by atoms with E-state index in [0.717, 1.165) is 28.6 Å². The molecule has 2 amide bonds. The lowest BCUT2D eigenvalue weighted by Gasteiger charge is -2.33. The van der Waals surface area contributed by atoms with E-state index < -0.39 is 45.8 Å². The summed E-state index contributed by atoms with van der Waals surface area (Å²) in [4.78, 5) is 28.1. The molecule has 0 unspecified atom stereocenters. The molecule has 1 atom stereocenters. The molecule has 0 spiro atoms. The van der Waals surface area contributed by atoms with Crippen LogP contribution in [0.1, 0.15) is 33.3 Å². The van der Waals surface area contributed by atoms with Gasteiger partial charge in [0, 0.05) is 12.1 Å². The Labute approximate surface area is 238 Å². The van der Waals surface area contributed by atoms with Crippen molar-refractivity contribution in [2.75, 3.05) is 10.8 Å². The van der Waals surface area contributed by atoms with Crippen molar-refractivity contribution < 1.29 is 22.4 Å². The first kappa shape index (κ1) is 30.4. The van der Waals surface area contributed by atoms with Crippen LogP contribution in [0.3, 0.4) is 0 Å². The van der Waals surface area contributed by atoms with Crippen LogP contribution in [0, 0.1) is 5.82 Å². The molecule has 3 rings (SSSR count). The van der Waals surface area contributed by atoms with Gasteiger partial charge in [-0.1, -0.05) is 47.5 Å². The molecule has 0 aliphatic carbocycles. The highest BCUT2D eigenvalue weighted by molar-refractivity contribution is 7.92. The van der Waals surface area contributed by atoms with Gasteiger partial charge in [0.05, 0.1) is 20.6 Å². The zero-order chi connectivity index (χ0) is 29.0. The second-order valence-corrected chi connectivity index (χ2v) is 12.7. The molecule has 0 heterocycles. The molecule has 0 radical (unpaired) electrons. The molecule has 0 fully saturated rings. The summed E-state index contributed by atoms with van der Waals surface area (Å²) in [5.41, 5.74) is 0.267. The number of rotatable bonds is 9. The summed E-state index contributed by atoms with van der Waals surface area (Å²) < 4.78 is 41.8. The van der Waals surface area contributed by atoms with Crippen molar-refractivity contribution in [3.8, 4) is 0 Å². The van der Waals surface area contributed by atoms with Crippen LogP contribution in [0.4, 0.5) is 10.1 Å². The monoisotopic (exact) mass is 593 g/mol. The number of hydrogen-bond acceptors (Lipinski definition) is 4. The van der Waals surface area contributed by atoms with E-state index in [1.807, 2.05) is 20.8 Å². The lowest BCUT2D eigenvalue weighted by atomic mass is 10.1. The Balaban J connectivity index is 2.02. The molecule has 11 heteroatoms. The third-order valence-corrected chi connectivity index (χ3v) is 8.25. The summed E-state index contributed by atoms with van der Waals surface area (Å²) in [7, 11) is -4.28. The van der Waals surface area contributed by atoms with E-state index >= 15 is 0 Å². The number of benzene rings is 3. The Morgan fingerprint density at radius 3 is 2.13 bits per heavy atom. The van der Waals surface area contributed by atoms with Crippen LogP contribution in [0.25, 0.3) is 0 Å². The van der Waals surface area contributed by atoms with Crippen molar-refractivity contribution in [3.05, 3.63) is 94.2 Å². The molecule has 0 saturated carbocycles. The smallest absolute Gasteiger partial charge is 0.264 e. The number of nitrogens with one attached hydrogen (secondary N) is 1. The summed E-state index contributed by atoms with van der Waals surface area (Å²) in [5, 5.41) is 3.47. The number of nitrogens with zero attached hydrogens (tertiary/aromatic N) is 2. The number of para-hydroxylation sites is 1. The van der Waals surface area contributed by atoms with Crippen LogP contribution in [0.15, 0.2) is 77.7 Å². The van der Waals surface area contributed by atoms with Crippen molar-refractivity contribution in [1.29, 1.82) is 0 Å². The normalized spacial score (nSPS) is 12.5. The van der Waals surface area contributed by atoms with Gasteiger partial charge in [0.15, 0.2) is 0 Å². The Morgan fingerprint density at radius 2 is 1.56 bits per heavy atom. The van der Waals surface area contributed by atoms with Crippen molar-refractivity contribution >= 4 is 50.7 Å². The predicted molar refractivity (Wildman–Crippen MR) is 152 cm³/mol. The van der Waals surface area contributed by atoms with Gasteiger partial charge in [-0.3, -0.25) is 13.9 Å². The molecule has 0 aliphatic rings. The number of hydrogen-bond donors (Lipinski definition) is 1. The number of anilines is 1. The third kappa shape index (κ3) is 7.94. The van der Waals surface area contributed by atoms with Crippen LogP contribution in [-0.4, -0.2) is 43.3 Å². The van der Waals surface area contributed by atoms with Gasteiger partial charge in [-0.15, -0.1) is 0 Å². The quantitative estimate of drug-likeness (QED) is 0.347. The molecule has 39 heavy (non-hydrogen) atoms. The number of halogens is 3. The van der Waals surface area contributed by atoms with Crippen LogP contribution < -0.4 is 9.62 Å². The van der Waals surface area contributed by atoms with Gasteiger partial charge in [-0.25, -0.2) is 12.8 Å². The summed E-state index contributed by atoms with van der Waals surface area (Å²) in [6, 6.07) is 16.3. The van der Waals surface area contributed by atoms with Gasteiger partial charge < -0.3 is 10.2 Å². The highest BCUT2D eigenvalue weighted by Crippen LogP contribution is 2.26. The van der Waals surface area contributed by atoms with Crippen LogP contribution in [0.5, 0.6) is 0 Å². The summed E-state index contributed by atoms with van der Waals surface area (Å²) >= 11 is 12.2. The Morgan fingerprint density at radius 1 is 0.949 bits per heavy atom. The van der Waals surface area contributed by atoms with Gasteiger partial charge in [0.25, 0.3) is 10.0 Å². The van der Waals surface area contributed by atoms with Crippen molar-refractivity contribution in [1.82, 2.24) is 10.2 Å². The zero-order valence-electron chi connectivity index (χ0n) is 22.0. The molecule has 3 aromatic rings. The molecule has 1 N–H and O–H groups in total. The number of sulfonamides is 1. The van der Waals surface area contributed by atoms with Gasteiger partial charge >= 0.3 is 0 Å². The minimum Gasteiger partial charge on any atom is -0.350 e. The van der Waals surface area contributed by atoms with E-state index in [9.17, 15) is 22.4 Å². The van der Waals surface area contributed by atoms with Gasteiger partial charge in [0.2, 0.25) is 11.8 Å². The number of amides is 2. The average Bonchev–Trinajstić information content (AvgIpc) is 2.87. The molecule has 7 nitrogen and oxygen atoms in total. The maximum atomic E-state index is 13.8. The van der Waals surface area contributed by atoms with Gasteiger partial charge in [-0.05, 0) is 81.8 Å². The first-order valence-corrected chi connectivity index (χ1v) is 14.3. The second kappa shape index (κ2) is 12.4. The maximum Gasteiger partial charge on any atom is 0.264 e. The van der Waals surface area contributed by atoms with E-state index in [2.05, 4.69) is 5.32 Å². The minimum atomic E-state index is -4.28. The highest BCUT2D eigenvalue weighted by Gasteiger charge is 2.33. The summed E-state index contributed by atoms with van der Waals surface area (Å²) in [5.74, 6) is -1.64. The standard InChI is InChI=1S/C28H30Cl2FN3O4S/c1-19(27(36)32-28(2,3)4)33(17-20-10-15-24(29)25(30)16-20)26(35)18-34(22-8-6-5-7-9-22)39(37,38)23-13-11-21(31)12-14-23/h5-16,19H,17-18H2,1-4H3,(H,32,36)/t19-/m1/s1. The molecule has 0 aliphatic heterocycles. The molecular weight excluding hydrogens is 564 g/mol. The second-order valence-electron chi connectivity index (χ2n) is 9.99. The Kier molecular flexibility index (Phi) is 9.64. The van der Waals surface area contributed by atoms with Crippen LogP contribution in [-0.2, 0) is 26.2 Å². The van der Waals surface area contributed by atoms with Gasteiger partial charge in [-0.2, -0.15) is 0 Å². The Bertz CT molecular complexity index is 1430. The molecule has 0 bridgehead atoms. The van der Waals surface area contributed by atoms with Crippen molar-refractivity contribution in [2.24, 2.45) is 0 Å². The average molecular weight is 595 g/mol. The molecule has 3 aromatic carbocycles. The fourth-order valence-electron chi connectivity index (χ4n) is 3.75. The topological polar surface area (TPSA) is 86.8 Å². The fourth-order valence-corrected chi connectivity index (χ4v) is 5.48. The summed E-state index contributed by atoms with van der Waals surface area (Å²) in [6.45, 7) is 6.36. The largest absolute Gasteiger partial charge is 0.350 e. The highest BCUT2D eigenvalue weighted by atomic mass is 35.5. The van der Waals surface area contributed by atoms with E-state index in [1.165, 1.54) is 4.90 Å². The Hall–Kier alpha value is -3.14. The van der Waals surface area contributed by atoms with Crippen molar-refractivity contribution in [3.63, 3.8) is 0 Å². The minimum absolute atomic E-state index is 0.0341. The lowest BCUT2D eigenvalue weighted by molar-refractivity contribution is -0.140. The SMILES string of the molecule is C[C@H](C(=O)NC(C)(C)C)N(Cc1ccc(Cl)c(Cl)c1)C(=O)CN(c1ccccc1)S(=O)(=O)c1ccc(F)cc1. The summed E-state index contributed by atoms with van der Waals surface area (Å²) in [6.07, 6.45) is 0. The van der Waals surface area contributed by atoms with E-state index in [1.54, 1.807) is 55.5 Å². The first-order chi connectivity index (χ1) is 18.2. The number of carbonyl (C=O) groups excluding carboxylic acids is 2. The van der Waals surface area contributed by atoms with Crippen LogP contribution in [0.2, 0.25) is 10.0 Å². The number of carbonyl (C=O) groups is 2. The third-order valence-electron chi connectivity index (χ3n) is 5.73. The lowest BCUT2D eigenvalue weighted by Crippen LogP contribution is -2.54. The van der Waals surface area contributed by atoms with E-state index in [0.29, 0.717) is 10.6 Å². The maximum absolute atomic E-state index is 13.8. The van der Waals surface area contributed by atoms with E-state index in [-0.39, 0.29) is 22.2 Å². The molecule has 0 saturated heterocycles. The first-order valence-electron chi connectivity index (χ1n) is 12.1. The molecule has 208 valence electrons. The van der Waals surface area contributed by atoms with E-state index in [4.69, 9.17) is 23.2 Å². The predicted octanol–water partition coefficient (Wildman–Crippen LogP) is 5.66. The zero-order valence-corrected chi connectivity index (χ0v) is 24.3. The van der Waals surface area contributed by atoms with Gasteiger partial charge in [0.1, 0.15) is 18.4 Å². The van der Waals surface area contributed by atoms with Crippen LogP contribution >= 0.6 is 23.2 Å².